The molecule has 10 rings (SSSR count). The van der Waals surface area contributed by atoms with Crippen molar-refractivity contribution in [3.8, 4) is 67.9 Å². The summed E-state index contributed by atoms with van der Waals surface area (Å²) in [5.41, 5.74) is 10.4. The van der Waals surface area contributed by atoms with Gasteiger partial charge in [-0.15, -0.1) is 0 Å². The van der Waals surface area contributed by atoms with Crippen LogP contribution in [0.4, 0.5) is 26.0 Å². The number of nitrogens with one attached hydrogen (secondary N) is 3. The Morgan fingerprint density at radius 3 is 1.52 bits per heavy atom. The topological polar surface area (TPSA) is 293 Å². The first-order valence-electron chi connectivity index (χ1n) is 26.4. The van der Waals surface area contributed by atoms with Crippen LogP contribution < -0.4 is 27.1 Å². The molecule has 5 N–H and O–H groups in total. The summed E-state index contributed by atoms with van der Waals surface area (Å²) in [5.74, 6) is 0.546. The molecule has 2 aliphatic carbocycles. The molecule has 8 aromatic rings. The molecule has 6 heterocycles. The zero-order valence-corrected chi connectivity index (χ0v) is 46.5. The predicted molar refractivity (Wildman–Crippen MR) is 302 cm³/mol. The number of aromatic nitrogens is 8. The van der Waals surface area contributed by atoms with E-state index in [9.17, 15) is 24.0 Å². The molecule has 3 amide bonds. The van der Waals surface area contributed by atoms with Gasteiger partial charge in [-0.2, -0.15) is 4.90 Å². The van der Waals surface area contributed by atoms with E-state index in [0.717, 1.165) is 36.1 Å². The smallest absolute Gasteiger partial charge is 0.425 e. The summed E-state index contributed by atoms with van der Waals surface area (Å²) in [6, 6.07) is 26.0. The molecule has 0 bridgehead atoms. The molecular formula is C59H64N12O10. The SMILES string of the molecule is CC(C)(C)OC(=O)N(C(=O)OC(C)(C)C)c1ncc(-c2ccc(=O)[nH]c2)nc1-c1cc(-c2ccc(CN(C(=O)OC(C)(C)C)C3CC3)cc2)no1.Nc1ncc(-c2ccc(=O)[nH]c2)nc1-c1cc(-c2ccc(CNC3CC3)cc2)no1. The Bertz CT molecular complexity index is 3600. The van der Waals surface area contributed by atoms with Crippen LogP contribution in [0.1, 0.15) is 99.1 Å². The Kier molecular flexibility index (Phi) is 16.1. The highest BCUT2D eigenvalue weighted by Gasteiger charge is 2.38. The molecule has 81 heavy (non-hydrogen) atoms. The van der Waals surface area contributed by atoms with Gasteiger partial charge in [0.2, 0.25) is 11.1 Å². The van der Waals surface area contributed by atoms with Gasteiger partial charge in [-0.3, -0.25) is 9.59 Å². The van der Waals surface area contributed by atoms with Gasteiger partial charge in [0.15, 0.2) is 34.5 Å². The van der Waals surface area contributed by atoms with E-state index in [1.54, 1.807) is 83.1 Å². The number of hydrogen-bond acceptors (Lipinski definition) is 18. The minimum atomic E-state index is -1.04. The number of aromatic amines is 2. The quantitative estimate of drug-likeness (QED) is 0.0780. The van der Waals surface area contributed by atoms with Gasteiger partial charge in [-0.05, 0) is 111 Å². The number of amides is 3. The Balaban J connectivity index is 0.000000222. The van der Waals surface area contributed by atoms with Crippen LogP contribution in [0.5, 0.6) is 0 Å². The summed E-state index contributed by atoms with van der Waals surface area (Å²) in [6.45, 7) is 16.8. The van der Waals surface area contributed by atoms with Crippen molar-refractivity contribution in [1.29, 1.82) is 0 Å². The first kappa shape index (κ1) is 56.4. The van der Waals surface area contributed by atoms with Gasteiger partial charge in [-0.1, -0.05) is 58.8 Å². The van der Waals surface area contributed by atoms with E-state index in [1.165, 1.54) is 42.9 Å². The molecule has 6 aromatic heterocycles. The van der Waals surface area contributed by atoms with E-state index in [0.29, 0.717) is 62.8 Å². The monoisotopic (exact) mass is 1100 g/mol. The molecule has 22 heteroatoms. The number of carbonyl (C=O) groups is 3. The minimum Gasteiger partial charge on any atom is -0.444 e. The molecule has 2 aromatic carbocycles. The average molecular weight is 1100 g/mol. The number of rotatable bonds is 13. The van der Waals surface area contributed by atoms with E-state index >= 15 is 0 Å². The lowest BCUT2D eigenvalue weighted by Gasteiger charge is -2.28. The highest BCUT2D eigenvalue weighted by Crippen LogP contribution is 2.36. The Labute approximate surface area is 466 Å². The number of benzene rings is 2. The molecule has 0 radical (unpaired) electrons. The van der Waals surface area contributed by atoms with Crippen LogP contribution in [-0.2, 0) is 27.3 Å². The molecule has 0 aliphatic heterocycles. The number of imide groups is 1. The first-order chi connectivity index (χ1) is 38.4. The van der Waals surface area contributed by atoms with E-state index in [1.807, 2.05) is 57.2 Å². The van der Waals surface area contributed by atoms with Crippen LogP contribution in [0.2, 0.25) is 0 Å². The lowest BCUT2D eigenvalue weighted by atomic mass is 10.1. The van der Waals surface area contributed by atoms with Crippen LogP contribution >= 0.6 is 0 Å². The average Bonchev–Trinajstić information content (AvgIpc) is 4.35. The van der Waals surface area contributed by atoms with Crippen LogP contribution in [0.15, 0.2) is 128 Å². The maximum absolute atomic E-state index is 13.6. The van der Waals surface area contributed by atoms with Crippen molar-refractivity contribution in [3.05, 3.63) is 142 Å². The van der Waals surface area contributed by atoms with Gasteiger partial charge in [-0.25, -0.2) is 34.3 Å². The van der Waals surface area contributed by atoms with Crippen LogP contribution in [0.25, 0.3) is 67.9 Å². The molecule has 2 saturated carbocycles. The van der Waals surface area contributed by atoms with Gasteiger partial charge in [0.1, 0.15) is 28.2 Å². The number of nitrogens with two attached hydrogens (primary N) is 1. The van der Waals surface area contributed by atoms with Crippen LogP contribution in [0, 0.1) is 0 Å². The number of hydrogen-bond donors (Lipinski definition) is 4. The van der Waals surface area contributed by atoms with Crippen molar-refractivity contribution in [3.63, 3.8) is 0 Å². The van der Waals surface area contributed by atoms with Crippen molar-refractivity contribution in [2.45, 2.75) is 130 Å². The second kappa shape index (κ2) is 23.2. The fraction of sp³-hybridized carbons (Fsp3) is 0.339. The van der Waals surface area contributed by atoms with Gasteiger partial charge in [0.25, 0.3) is 0 Å². The summed E-state index contributed by atoms with van der Waals surface area (Å²) in [6.07, 6.45) is 7.96. The van der Waals surface area contributed by atoms with E-state index in [4.69, 9.17) is 34.0 Å². The fourth-order valence-corrected chi connectivity index (χ4v) is 7.99. The summed E-state index contributed by atoms with van der Waals surface area (Å²) in [7, 11) is 0. The zero-order chi connectivity index (χ0) is 57.8. The third-order valence-electron chi connectivity index (χ3n) is 12.2. The van der Waals surface area contributed by atoms with Crippen LogP contribution in [0.3, 0.4) is 0 Å². The number of ether oxygens (including phenoxy) is 3. The number of anilines is 2. The summed E-state index contributed by atoms with van der Waals surface area (Å²) >= 11 is 0. The van der Waals surface area contributed by atoms with Crippen molar-refractivity contribution in [2.24, 2.45) is 0 Å². The van der Waals surface area contributed by atoms with E-state index in [2.05, 4.69) is 52.7 Å². The van der Waals surface area contributed by atoms with Crippen molar-refractivity contribution in [1.82, 2.24) is 50.4 Å². The van der Waals surface area contributed by atoms with Gasteiger partial charge >= 0.3 is 18.3 Å². The molecule has 22 nitrogen and oxygen atoms in total. The molecular weight excluding hydrogens is 1040 g/mol. The van der Waals surface area contributed by atoms with Gasteiger partial charge < -0.3 is 49.2 Å². The maximum Gasteiger partial charge on any atom is 0.425 e. The Morgan fingerprint density at radius 1 is 0.593 bits per heavy atom. The number of nitrogens with zero attached hydrogens (tertiary/aromatic N) is 8. The molecule has 0 spiro atoms. The lowest BCUT2D eigenvalue weighted by Crippen LogP contribution is -2.44. The van der Waals surface area contributed by atoms with E-state index < -0.39 is 29.0 Å². The highest BCUT2D eigenvalue weighted by atomic mass is 16.6. The van der Waals surface area contributed by atoms with Crippen molar-refractivity contribution < 1.29 is 37.6 Å². The molecule has 0 unspecified atom stereocenters. The Hall–Kier alpha value is -9.31. The normalized spacial score (nSPS) is 13.4. The number of H-pyrrole nitrogens is 2. The second-order valence-electron chi connectivity index (χ2n) is 22.6. The molecule has 2 aliphatic rings. The minimum absolute atomic E-state index is 0.0109. The largest absolute Gasteiger partial charge is 0.444 e. The van der Waals surface area contributed by atoms with E-state index in [-0.39, 0.29) is 46.3 Å². The maximum atomic E-state index is 13.6. The fourth-order valence-electron chi connectivity index (χ4n) is 7.99. The standard InChI is InChI=1S/C37H44N6O8.C22H20N6O2/c1-35(2,3)48-32(45)42(25-15-16-25)21-22-10-12-23(13-11-22)26-18-28(51-41-26)30-31(39-20-27(40-30)24-14-17-29(44)38-19-24)43(33(46)49-36(4,5)6)34(47)50-37(7,8)9;23-22-21(27-18(12-26-22)15-5-8-20(29)25-11-15)19-9-17(28-30-19)14-3-1-13(2-4-14)10-24-16-6-7-16/h10-14,17-20,25H,15-16,21H2,1-9H3,(H,38,44);1-5,8-9,11-12,16,24H,6-7,10H2,(H2,23,26)(H,25,29). The molecule has 2 fully saturated rings. The van der Waals surface area contributed by atoms with Crippen molar-refractivity contribution >= 4 is 29.9 Å². The first-order valence-corrected chi connectivity index (χ1v) is 26.4. The Morgan fingerprint density at radius 2 is 1.05 bits per heavy atom. The number of pyridine rings is 2. The third-order valence-corrected chi connectivity index (χ3v) is 12.2. The van der Waals surface area contributed by atoms with Crippen LogP contribution in [-0.4, -0.2) is 92.3 Å². The summed E-state index contributed by atoms with van der Waals surface area (Å²) < 4.78 is 28.1. The molecule has 420 valence electrons. The summed E-state index contributed by atoms with van der Waals surface area (Å²) in [4.78, 5) is 88.7. The van der Waals surface area contributed by atoms with Crippen molar-refractivity contribution in [2.75, 3.05) is 10.6 Å². The zero-order valence-electron chi connectivity index (χ0n) is 46.5. The van der Waals surface area contributed by atoms with Gasteiger partial charge in [0.05, 0.1) is 23.8 Å². The number of carbonyl (C=O) groups excluding carboxylic acids is 3. The second-order valence-corrected chi connectivity index (χ2v) is 22.6. The molecule has 0 atom stereocenters. The van der Waals surface area contributed by atoms with Gasteiger partial charge in [0, 0.05) is 84.1 Å². The molecule has 0 saturated heterocycles. The third kappa shape index (κ3) is 15.1. The lowest BCUT2D eigenvalue weighted by molar-refractivity contribution is 0.0215. The number of nitrogen functional groups attached to an aromatic ring is 1. The predicted octanol–water partition coefficient (Wildman–Crippen LogP) is 10.7. The highest BCUT2D eigenvalue weighted by molar-refractivity contribution is 6.10. The summed E-state index contributed by atoms with van der Waals surface area (Å²) in [5, 5.41) is 11.9.